The maximum atomic E-state index is 13.7. The Kier molecular flexibility index (Phi) is 7.47. The number of halogens is 3. The molecule has 0 unspecified atom stereocenters. The fraction of sp³-hybridized carbons (Fsp3) is 0.588. The van der Waals surface area contributed by atoms with Crippen molar-refractivity contribution in [3.05, 3.63) is 28.5 Å². The average Bonchev–Trinajstić information content (AvgIpc) is 3.34. The van der Waals surface area contributed by atoms with Crippen LogP contribution in [0, 0.1) is 11.7 Å². The van der Waals surface area contributed by atoms with E-state index in [0.717, 1.165) is 38.4 Å². The quantitative estimate of drug-likeness (QED) is 0.741. The van der Waals surface area contributed by atoms with Gasteiger partial charge in [-0.15, -0.1) is 12.4 Å². The minimum Gasteiger partial charge on any atom is -0.322 e. The Hall–Kier alpha value is -0.690. The van der Waals surface area contributed by atoms with Gasteiger partial charge in [-0.1, -0.05) is 15.9 Å². The van der Waals surface area contributed by atoms with Crippen molar-refractivity contribution in [1.29, 1.82) is 0 Å². The summed E-state index contributed by atoms with van der Waals surface area (Å²) in [5.74, 6) is 0.325. The van der Waals surface area contributed by atoms with Crippen molar-refractivity contribution >= 4 is 39.9 Å². The molecule has 2 fully saturated rings. The van der Waals surface area contributed by atoms with E-state index in [1.807, 2.05) is 0 Å². The Bertz CT molecular complexity index is 563. The summed E-state index contributed by atoms with van der Waals surface area (Å²) in [6.45, 7) is 3.30. The lowest BCUT2D eigenvalue weighted by Crippen LogP contribution is -2.45. The van der Waals surface area contributed by atoms with Gasteiger partial charge in [-0.3, -0.25) is 9.69 Å². The molecule has 0 bridgehead atoms. The Balaban J connectivity index is 0.00000208. The third-order valence-corrected chi connectivity index (χ3v) is 5.05. The summed E-state index contributed by atoms with van der Waals surface area (Å²) in [7, 11) is 0. The molecule has 0 atom stereocenters. The first-order valence-corrected chi connectivity index (χ1v) is 9.10. The molecule has 1 saturated heterocycles. The van der Waals surface area contributed by atoms with Gasteiger partial charge in [0.25, 0.3) is 0 Å². The van der Waals surface area contributed by atoms with Crippen molar-refractivity contribution < 1.29 is 9.18 Å². The lowest BCUT2D eigenvalue weighted by atomic mass is 10.0. The molecular weight excluding hydrogens is 397 g/mol. The molecule has 134 valence electrons. The van der Waals surface area contributed by atoms with Gasteiger partial charge in [-0.2, -0.15) is 0 Å². The van der Waals surface area contributed by atoms with Gasteiger partial charge >= 0.3 is 0 Å². The van der Waals surface area contributed by atoms with Crippen LogP contribution >= 0.6 is 28.3 Å². The minimum atomic E-state index is -0.421. The molecule has 2 N–H and O–H groups in total. The molecule has 1 amide bonds. The number of nitrogens with one attached hydrogen (secondary N) is 2. The molecule has 7 heteroatoms. The Morgan fingerprint density at radius 3 is 2.58 bits per heavy atom. The molecule has 1 heterocycles. The van der Waals surface area contributed by atoms with Crippen molar-refractivity contribution in [1.82, 2.24) is 10.2 Å². The molecule has 1 aliphatic heterocycles. The van der Waals surface area contributed by atoms with E-state index in [0.29, 0.717) is 17.1 Å². The van der Waals surface area contributed by atoms with Crippen LogP contribution in [-0.2, 0) is 4.79 Å². The fourth-order valence-corrected chi connectivity index (χ4v) is 3.27. The van der Waals surface area contributed by atoms with E-state index in [9.17, 15) is 9.18 Å². The first-order valence-electron chi connectivity index (χ1n) is 8.31. The van der Waals surface area contributed by atoms with Crippen molar-refractivity contribution in [2.24, 2.45) is 5.92 Å². The second-order valence-corrected chi connectivity index (χ2v) is 7.49. The van der Waals surface area contributed by atoms with Gasteiger partial charge in [0.05, 0.1) is 12.2 Å². The summed E-state index contributed by atoms with van der Waals surface area (Å²) in [5, 5.41) is 6.28. The van der Waals surface area contributed by atoms with Gasteiger partial charge in [-0.05, 0) is 56.3 Å². The van der Waals surface area contributed by atoms with E-state index in [-0.39, 0.29) is 24.0 Å². The average molecular weight is 421 g/mol. The maximum absolute atomic E-state index is 13.7. The second kappa shape index (κ2) is 9.13. The number of carbonyl (C=O) groups is 1. The molecule has 4 nitrogen and oxygen atoms in total. The van der Waals surface area contributed by atoms with E-state index >= 15 is 0 Å². The summed E-state index contributed by atoms with van der Waals surface area (Å²) in [6, 6.07) is 5.23. The monoisotopic (exact) mass is 419 g/mol. The standard InChI is InChI=1S/C17H23BrFN3O.ClH/c18-13-3-4-16(15(19)9-13)21-17(23)11-22-7-5-14(6-8-22)20-10-12-1-2-12;/h3-4,9,12,14,20H,1-2,5-8,10-11H2,(H,21,23);1H. The number of nitrogens with zero attached hydrogens (tertiary/aromatic N) is 1. The predicted octanol–water partition coefficient (Wildman–Crippen LogP) is 3.41. The molecule has 24 heavy (non-hydrogen) atoms. The van der Waals surface area contributed by atoms with Crippen LogP contribution in [0.3, 0.4) is 0 Å². The minimum absolute atomic E-state index is 0. The summed E-state index contributed by atoms with van der Waals surface area (Å²) >= 11 is 3.21. The smallest absolute Gasteiger partial charge is 0.238 e. The summed E-state index contributed by atoms with van der Waals surface area (Å²) in [5.41, 5.74) is 0.235. The highest BCUT2D eigenvalue weighted by Gasteiger charge is 2.25. The number of amides is 1. The number of carbonyl (C=O) groups excluding carboxylic acids is 1. The van der Waals surface area contributed by atoms with Crippen LogP contribution in [0.25, 0.3) is 0 Å². The molecule has 1 aromatic rings. The number of likely N-dealkylation sites (tertiary alicyclic amines) is 1. The van der Waals surface area contributed by atoms with Crippen LogP contribution in [0.1, 0.15) is 25.7 Å². The lowest BCUT2D eigenvalue weighted by Gasteiger charge is -2.32. The molecule has 1 aromatic carbocycles. The zero-order valence-electron chi connectivity index (χ0n) is 13.6. The van der Waals surface area contributed by atoms with E-state index in [4.69, 9.17) is 0 Å². The molecule has 3 rings (SSSR count). The van der Waals surface area contributed by atoms with Crippen molar-refractivity contribution in [2.75, 3.05) is 31.5 Å². The summed E-state index contributed by atoms with van der Waals surface area (Å²) in [4.78, 5) is 14.2. The Morgan fingerprint density at radius 1 is 1.25 bits per heavy atom. The molecule has 1 aliphatic carbocycles. The first kappa shape index (κ1) is 19.6. The summed E-state index contributed by atoms with van der Waals surface area (Å²) < 4.78 is 14.4. The molecule has 1 saturated carbocycles. The summed E-state index contributed by atoms with van der Waals surface area (Å²) in [6.07, 6.45) is 4.90. The van der Waals surface area contributed by atoms with Crippen molar-refractivity contribution in [3.8, 4) is 0 Å². The third kappa shape index (κ3) is 5.99. The van der Waals surface area contributed by atoms with Crippen molar-refractivity contribution in [3.63, 3.8) is 0 Å². The lowest BCUT2D eigenvalue weighted by molar-refractivity contribution is -0.117. The zero-order chi connectivity index (χ0) is 16.2. The highest BCUT2D eigenvalue weighted by Crippen LogP contribution is 2.28. The van der Waals surface area contributed by atoms with Crippen molar-refractivity contribution in [2.45, 2.75) is 31.7 Å². The highest BCUT2D eigenvalue weighted by molar-refractivity contribution is 9.10. The van der Waals surface area contributed by atoms with Crippen LogP contribution in [0.2, 0.25) is 0 Å². The molecular formula is C17H24BrClFN3O. The van der Waals surface area contributed by atoms with Gasteiger partial charge in [0.15, 0.2) is 0 Å². The zero-order valence-corrected chi connectivity index (χ0v) is 16.0. The molecule has 2 aliphatic rings. The molecule has 0 radical (unpaired) electrons. The van der Waals surface area contributed by atoms with E-state index in [1.54, 1.807) is 12.1 Å². The van der Waals surface area contributed by atoms with Crippen LogP contribution < -0.4 is 10.6 Å². The van der Waals surface area contributed by atoms with E-state index in [2.05, 4.69) is 31.5 Å². The van der Waals surface area contributed by atoms with E-state index < -0.39 is 5.82 Å². The number of rotatable bonds is 6. The second-order valence-electron chi connectivity index (χ2n) is 6.57. The number of hydrogen-bond donors (Lipinski definition) is 2. The van der Waals surface area contributed by atoms with Crippen LogP contribution in [0.5, 0.6) is 0 Å². The maximum Gasteiger partial charge on any atom is 0.238 e. The van der Waals surface area contributed by atoms with Gasteiger partial charge < -0.3 is 10.6 Å². The van der Waals surface area contributed by atoms with Gasteiger partial charge in [-0.25, -0.2) is 4.39 Å². The first-order chi connectivity index (χ1) is 11.1. The molecule has 0 spiro atoms. The topological polar surface area (TPSA) is 44.4 Å². The third-order valence-electron chi connectivity index (χ3n) is 4.55. The normalized spacial score (nSPS) is 18.9. The highest BCUT2D eigenvalue weighted by atomic mass is 79.9. The van der Waals surface area contributed by atoms with Gasteiger partial charge in [0.1, 0.15) is 5.82 Å². The predicted molar refractivity (Wildman–Crippen MR) is 100 cm³/mol. The van der Waals surface area contributed by atoms with Gasteiger partial charge in [0, 0.05) is 23.6 Å². The number of anilines is 1. The van der Waals surface area contributed by atoms with Crippen LogP contribution in [-0.4, -0.2) is 43.0 Å². The Morgan fingerprint density at radius 2 is 1.96 bits per heavy atom. The number of piperidine rings is 1. The molecule has 0 aromatic heterocycles. The largest absolute Gasteiger partial charge is 0.322 e. The fourth-order valence-electron chi connectivity index (χ4n) is 2.93. The van der Waals surface area contributed by atoms with Crippen LogP contribution in [0.15, 0.2) is 22.7 Å². The van der Waals surface area contributed by atoms with Gasteiger partial charge in [0.2, 0.25) is 5.91 Å². The Labute approximate surface area is 157 Å². The van der Waals surface area contributed by atoms with E-state index in [1.165, 1.54) is 18.9 Å². The SMILES string of the molecule is Cl.O=C(CN1CCC(NCC2CC2)CC1)Nc1ccc(Br)cc1F. The number of hydrogen-bond acceptors (Lipinski definition) is 3. The van der Waals surface area contributed by atoms with Crippen LogP contribution in [0.4, 0.5) is 10.1 Å². The number of benzene rings is 1.